The molecular weight excluding hydrogens is 238 g/mol. The average Bonchev–Trinajstić information content (AvgIpc) is 2.74. The summed E-state index contributed by atoms with van der Waals surface area (Å²) in [6.45, 7) is 5.69. The van der Waals surface area contributed by atoms with Gasteiger partial charge in [0.25, 0.3) is 5.91 Å². The van der Waals surface area contributed by atoms with Gasteiger partial charge in [-0.3, -0.25) is 9.20 Å². The molecule has 0 spiro atoms. The van der Waals surface area contributed by atoms with Crippen LogP contribution in [0.5, 0.6) is 0 Å². The summed E-state index contributed by atoms with van der Waals surface area (Å²) in [7, 11) is 0. The van der Waals surface area contributed by atoms with Crippen LogP contribution in [0.2, 0.25) is 0 Å². The van der Waals surface area contributed by atoms with Gasteiger partial charge in [-0.1, -0.05) is 6.07 Å². The number of rotatable bonds is 1. The minimum atomic E-state index is 0.121. The lowest BCUT2D eigenvalue weighted by atomic mass is 10.1. The van der Waals surface area contributed by atoms with Crippen molar-refractivity contribution < 1.29 is 4.79 Å². The Labute approximate surface area is 113 Å². The predicted octanol–water partition coefficient (Wildman–Crippen LogP) is 2.58. The van der Waals surface area contributed by atoms with Gasteiger partial charge in [0.15, 0.2) is 0 Å². The number of hydrogen-bond donors (Lipinski definition) is 0. The van der Waals surface area contributed by atoms with Crippen LogP contribution in [-0.2, 0) is 0 Å². The number of fused-ring (bicyclic) bond motifs is 1. The van der Waals surface area contributed by atoms with Crippen molar-refractivity contribution in [3.8, 4) is 0 Å². The second-order valence-electron chi connectivity index (χ2n) is 5.33. The standard InChI is InChI=1S/C15H19N3O/c1-11-6-7-13-16-12(2)14(18(13)10-11)15(19)17-8-4-3-5-9-17/h6-7,10H,3-5,8-9H2,1-2H3. The summed E-state index contributed by atoms with van der Waals surface area (Å²) in [4.78, 5) is 19.1. The molecule has 4 nitrogen and oxygen atoms in total. The van der Waals surface area contributed by atoms with Gasteiger partial charge in [0.1, 0.15) is 11.3 Å². The fourth-order valence-corrected chi connectivity index (χ4v) is 2.77. The van der Waals surface area contributed by atoms with Gasteiger partial charge in [-0.2, -0.15) is 0 Å². The fourth-order valence-electron chi connectivity index (χ4n) is 2.77. The molecule has 0 radical (unpaired) electrons. The smallest absolute Gasteiger partial charge is 0.272 e. The van der Waals surface area contributed by atoms with Crippen molar-refractivity contribution in [1.82, 2.24) is 14.3 Å². The van der Waals surface area contributed by atoms with Crippen LogP contribution in [0.4, 0.5) is 0 Å². The molecule has 0 aliphatic carbocycles. The minimum absolute atomic E-state index is 0.121. The first-order chi connectivity index (χ1) is 9.16. The summed E-state index contributed by atoms with van der Waals surface area (Å²) in [6, 6.07) is 3.99. The van der Waals surface area contributed by atoms with Crippen LogP contribution >= 0.6 is 0 Å². The Balaban J connectivity index is 2.05. The molecule has 19 heavy (non-hydrogen) atoms. The topological polar surface area (TPSA) is 37.6 Å². The van der Waals surface area contributed by atoms with Crippen LogP contribution < -0.4 is 0 Å². The Morgan fingerprint density at radius 3 is 2.63 bits per heavy atom. The van der Waals surface area contributed by atoms with E-state index in [0.717, 1.165) is 48.5 Å². The molecular formula is C15H19N3O. The van der Waals surface area contributed by atoms with Crippen LogP contribution in [0.3, 0.4) is 0 Å². The molecule has 3 rings (SSSR count). The number of amides is 1. The number of nitrogens with zero attached hydrogens (tertiary/aromatic N) is 3. The second kappa shape index (κ2) is 4.68. The molecule has 4 heteroatoms. The zero-order valence-electron chi connectivity index (χ0n) is 11.5. The third kappa shape index (κ3) is 2.11. The Hall–Kier alpha value is -1.84. The number of hydrogen-bond acceptors (Lipinski definition) is 2. The van der Waals surface area contributed by atoms with Crippen LogP contribution in [-0.4, -0.2) is 33.3 Å². The molecule has 2 aromatic rings. The highest BCUT2D eigenvalue weighted by Crippen LogP contribution is 2.18. The van der Waals surface area contributed by atoms with E-state index >= 15 is 0 Å². The van der Waals surface area contributed by atoms with Crippen molar-refractivity contribution >= 4 is 11.6 Å². The second-order valence-corrected chi connectivity index (χ2v) is 5.33. The van der Waals surface area contributed by atoms with Gasteiger partial charge < -0.3 is 4.90 Å². The van der Waals surface area contributed by atoms with Gasteiger partial charge in [0.05, 0.1) is 5.69 Å². The summed E-state index contributed by atoms with van der Waals surface area (Å²) in [5.41, 5.74) is 3.53. The molecule has 1 aliphatic heterocycles. The Kier molecular flexibility index (Phi) is 3.01. The van der Waals surface area contributed by atoms with Crippen molar-refractivity contribution in [3.63, 3.8) is 0 Å². The van der Waals surface area contributed by atoms with Crippen LogP contribution in [0.25, 0.3) is 5.65 Å². The number of likely N-dealkylation sites (tertiary alicyclic amines) is 1. The zero-order chi connectivity index (χ0) is 13.4. The van der Waals surface area contributed by atoms with E-state index in [0.29, 0.717) is 0 Å². The maximum atomic E-state index is 12.7. The highest BCUT2D eigenvalue weighted by molar-refractivity contribution is 5.94. The first-order valence-corrected chi connectivity index (χ1v) is 6.91. The molecule has 0 N–H and O–H groups in total. The van der Waals surface area contributed by atoms with E-state index in [4.69, 9.17) is 0 Å². The highest BCUT2D eigenvalue weighted by atomic mass is 16.2. The number of imidazole rings is 1. The number of carbonyl (C=O) groups excluding carboxylic acids is 1. The van der Waals surface area contributed by atoms with E-state index in [1.165, 1.54) is 6.42 Å². The predicted molar refractivity (Wildman–Crippen MR) is 74.4 cm³/mol. The van der Waals surface area contributed by atoms with Crippen molar-refractivity contribution in [2.75, 3.05) is 13.1 Å². The van der Waals surface area contributed by atoms with Gasteiger partial charge in [0, 0.05) is 19.3 Å². The molecule has 1 amide bonds. The number of aryl methyl sites for hydroxylation is 2. The molecule has 1 saturated heterocycles. The molecule has 1 fully saturated rings. The minimum Gasteiger partial charge on any atom is -0.337 e. The van der Waals surface area contributed by atoms with E-state index in [1.807, 2.05) is 41.5 Å². The lowest BCUT2D eigenvalue weighted by molar-refractivity contribution is 0.0716. The zero-order valence-corrected chi connectivity index (χ0v) is 11.5. The van der Waals surface area contributed by atoms with Crippen molar-refractivity contribution in [1.29, 1.82) is 0 Å². The number of pyridine rings is 1. The van der Waals surface area contributed by atoms with Crippen LogP contribution in [0.1, 0.15) is 41.0 Å². The number of carbonyl (C=O) groups is 1. The van der Waals surface area contributed by atoms with Gasteiger partial charge >= 0.3 is 0 Å². The third-order valence-electron chi connectivity index (χ3n) is 3.79. The Bertz CT molecular complexity index is 624. The number of piperidine rings is 1. The first-order valence-electron chi connectivity index (χ1n) is 6.91. The number of aromatic nitrogens is 2. The molecule has 0 atom stereocenters. The summed E-state index contributed by atoms with van der Waals surface area (Å²) in [5, 5.41) is 0. The van der Waals surface area contributed by atoms with E-state index in [-0.39, 0.29) is 5.91 Å². The van der Waals surface area contributed by atoms with Crippen LogP contribution in [0.15, 0.2) is 18.3 Å². The lowest BCUT2D eigenvalue weighted by Crippen LogP contribution is -2.36. The van der Waals surface area contributed by atoms with Crippen molar-refractivity contribution in [3.05, 3.63) is 35.3 Å². The van der Waals surface area contributed by atoms with E-state index < -0.39 is 0 Å². The molecule has 3 heterocycles. The van der Waals surface area contributed by atoms with Gasteiger partial charge in [0.2, 0.25) is 0 Å². The van der Waals surface area contributed by atoms with Gasteiger partial charge in [-0.25, -0.2) is 4.98 Å². The SMILES string of the molecule is Cc1ccc2nc(C)c(C(=O)N3CCCCC3)n2c1. The van der Waals surface area contributed by atoms with Crippen molar-refractivity contribution in [2.24, 2.45) is 0 Å². The lowest BCUT2D eigenvalue weighted by Gasteiger charge is -2.26. The van der Waals surface area contributed by atoms with Gasteiger partial charge in [-0.15, -0.1) is 0 Å². The van der Waals surface area contributed by atoms with E-state index in [2.05, 4.69) is 4.98 Å². The largest absolute Gasteiger partial charge is 0.337 e. The Morgan fingerprint density at radius 2 is 1.89 bits per heavy atom. The Morgan fingerprint density at radius 1 is 1.16 bits per heavy atom. The third-order valence-corrected chi connectivity index (χ3v) is 3.79. The monoisotopic (exact) mass is 257 g/mol. The quantitative estimate of drug-likeness (QED) is 0.787. The molecule has 100 valence electrons. The first kappa shape index (κ1) is 12.2. The summed E-state index contributed by atoms with van der Waals surface area (Å²) < 4.78 is 1.93. The fraction of sp³-hybridized carbons (Fsp3) is 0.467. The van der Waals surface area contributed by atoms with E-state index in [1.54, 1.807) is 0 Å². The summed E-state index contributed by atoms with van der Waals surface area (Å²) >= 11 is 0. The van der Waals surface area contributed by atoms with Crippen LogP contribution in [0, 0.1) is 13.8 Å². The molecule has 0 aromatic carbocycles. The summed E-state index contributed by atoms with van der Waals surface area (Å²) in [6.07, 6.45) is 5.45. The van der Waals surface area contributed by atoms with E-state index in [9.17, 15) is 4.79 Å². The molecule has 2 aromatic heterocycles. The van der Waals surface area contributed by atoms with Crippen molar-refractivity contribution in [2.45, 2.75) is 33.1 Å². The summed E-state index contributed by atoms with van der Waals surface area (Å²) in [5.74, 6) is 0.121. The maximum absolute atomic E-state index is 12.7. The normalized spacial score (nSPS) is 16.0. The molecule has 0 bridgehead atoms. The average molecular weight is 257 g/mol. The highest BCUT2D eigenvalue weighted by Gasteiger charge is 2.23. The van der Waals surface area contributed by atoms with Gasteiger partial charge in [-0.05, 0) is 44.7 Å². The molecule has 1 aliphatic rings. The maximum Gasteiger partial charge on any atom is 0.272 e. The molecule has 0 unspecified atom stereocenters. The molecule has 0 saturated carbocycles.